The number of anilines is 1. The summed E-state index contributed by atoms with van der Waals surface area (Å²) < 4.78 is 6.80. The number of aryl methyl sites for hydroxylation is 2. The van der Waals surface area contributed by atoms with Crippen molar-refractivity contribution in [2.75, 3.05) is 5.32 Å². The predicted molar refractivity (Wildman–Crippen MR) is 86.8 cm³/mol. The fourth-order valence-corrected chi connectivity index (χ4v) is 2.48. The maximum absolute atomic E-state index is 12.2. The van der Waals surface area contributed by atoms with Crippen molar-refractivity contribution in [1.82, 2.24) is 25.4 Å². The van der Waals surface area contributed by atoms with Crippen molar-refractivity contribution >= 4 is 11.8 Å². The molecule has 0 radical (unpaired) electrons. The van der Waals surface area contributed by atoms with Gasteiger partial charge in [-0.05, 0) is 48.4 Å². The van der Waals surface area contributed by atoms with Gasteiger partial charge in [0.05, 0.1) is 17.8 Å². The minimum atomic E-state index is -0.146. The molecule has 0 aliphatic heterocycles. The Kier molecular flexibility index (Phi) is 4.37. The molecule has 1 aromatic carbocycles. The van der Waals surface area contributed by atoms with Crippen LogP contribution >= 0.6 is 0 Å². The molecule has 0 aliphatic carbocycles. The van der Waals surface area contributed by atoms with Gasteiger partial charge in [-0.15, -0.1) is 5.10 Å². The molecular weight excluding hydrogens is 308 g/mol. The van der Waals surface area contributed by atoms with E-state index in [9.17, 15) is 4.79 Å². The van der Waals surface area contributed by atoms with E-state index in [1.807, 2.05) is 45.0 Å². The SMILES string of the molecule is CCc1c(C)noc1NC(=O)Cc1ccc(-n2nnnc2C)cc1. The van der Waals surface area contributed by atoms with Gasteiger partial charge < -0.3 is 4.52 Å². The van der Waals surface area contributed by atoms with E-state index in [4.69, 9.17) is 4.52 Å². The summed E-state index contributed by atoms with van der Waals surface area (Å²) in [5, 5.41) is 18.0. The Morgan fingerprint density at radius 1 is 1.25 bits per heavy atom. The molecule has 0 saturated carbocycles. The molecule has 3 rings (SSSR count). The van der Waals surface area contributed by atoms with Gasteiger partial charge in [-0.1, -0.05) is 24.2 Å². The van der Waals surface area contributed by atoms with Crippen LogP contribution in [0.2, 0.25) is 0 Å². The molecule has 0 unspecified atom stereocenters. The zero-order valence-electron chi connectivity index (χ0n) is 13.8. The quantitative estimate of drug-likeness (QED) is 0.770. The lowest BCUT2D eigenvalue weighted by atomic mass is 10.1. The average molecular weight is 326 g/mol. The standard InChI is InChI=1S/C16H18N6O2/c1-4-14-10(2)19-24-16(14)17-15(23)9-12-5-7-13(8-6-12)22-11(3)18-20-21-22/h5-8H,4,9H2,1-3H3,(H,17,23). The van der Waals surface area contributed by atoms with E-state index in [-0.39, 0.29) is 12.3 Å². The third-order valence-electron chi connectivity index (χ3n) is 3.76. The topological polar surface area (TPSA) is 98.7 Å². The summed E-state index contributed by atoms with van der Waals surface area (Å²) in [7, 11) is 0. The van der Waals surface area contributed by atoms with E-state index in [1.54, 1.807) is 4.68 Å². The highest BCUT2D eigenvalue weighted by molar-refractivity contribution is 5.91. The number of tetrazole rings is 1. The number of nitrogens with one attached hydrogen (secondary N) is 1. The second kappa shape index (κ2) is 6.61. The molecule has 0 saturated heterocycles. The third kappa shape index (κ3) is 3.17. The van der Waals surface area contributed by atoms with Crippen molar-refractivity contribution < 1.29 is 9.32 Å². The Morgan fingerprint density at radius 2 is 2.00 bits per heavy atom. The average Bonchev–Trinajstić information content (AvgIpc) is 3.14. The number of carbonyl (C=O) groups is 1. The number of hydrogen-bond donors (Lipinski definition) is 1. The van der Waals surface area contributed by atoms with Crippen molar-refractivity contribution in [2.24, 2.45) is 0 Å². The molecule has 0 aliphatic rings. The van der Waals surface area contributed by atoms with E-state index in [0.717, 1.165) is 28.9 Å². The van der Waals surface area contributed by atoms with Gasteiger partial charge in [0.1, 0.15) is 0 Å². The number of hydrogen-bond acceptors (Lipinski definition) is 6. The van der Waals surface area contributed by atoms with Crippen LogP contribution in [0.25, 0.3) is 5.69 Å². The minimum Gasteiger partial charge on any atom is -0.338 e. The fraction of sp³-hybridized carbons (Fsp3) is 0.312. The number of aromatic nitrogens is 5. The monoisotopic (exact) mass is 326 g/mol. The first-order valence-electron chi connectivity index (χ1n) is 7.67. The second-order valence-corrected chi connectivity index (χ2v) is 5.46. The largest absolute Gasteiger partial charge is 0.338 e. The van der Waals surface area contributed by atoms with Crippen molar-refractivity contribution in [1.29, 1.82) is 0 Å². The van der Waals surface area contributed by atoms with Gasteiger partial charge in [0.2, 0.25) is 11.8 Å². The Balaban J connectivity index is 1.67. The summed E-state index contributed by atoms with van der Waals surface area (Å²) in [6.45, 7) is 5.68. The summed E-state index contributed by atoms with van der Waals surface area (Å²) in [6.07, 6.45) is 1.00. The number of nitrogens with zero attached hydrogens (tertiary/aromatic N) is 5. The summed E-state index contributed by atoms with van der Waals surface area (Å²) in [5.41, 5.74) is 3.46. The van der Waals surface area contributed by atoms with Gasteiger partial charge in [-0.2, -0.15) is 4.68 Å². The van der Waals surface area contributed by atoms with Gasteiger partial charge >= 0.3 is 0 Å². The van der Waals surface area contributed by atoms with Gasteiger partial charge in [0.25, 0.3) is 0 Å². The molecule has 0 fully saturated rings. The molecule has 24 heavy (non-hydrogen) atoms. The van der Waals surface area contributed by atoms with Crippen molar-refractivity contribution in [3.05, 3.63) is 46.9 Å². The van der Waals surface area contributed by atoms with Gasteiger partial charge in [0.15, 0.2) is 5.82 Å². The zero-order valence-corrected chi connectivity index (χ0v) is 13.8. The van der Waals surface area contributed by atoms with Crippen LogP contribution < -0.4 is 5.32 Å². The molecule has 8 nitrogen and oxygen atoms in total. The first-order chi connectivity index (χ1) is 11.6. The molecule has 124 valence electrons. The van der Waals surface area contributed by atoms with Crippen molar-refractivity contribution in [3.8, 4) is 5.69 Å². The summed E-state index contributed by atoms with van der Waals surface area (Å²) in [6, 6.07) is 7.51. The summed E-state index contributed by atoms with van der Waals surface area (Å²) >= 11 is 0. The van der Waals surface area contributed by atoms with Crippen LogP contribution in [0.5, 0.6) is 0 Å². The second-order valence-electron chi connectivity index (χ2n) is 5.46. The normalized spacial score (nSPS) is 10.8. The molecular formula is C16H18N6O2. The lowest BCUT2D eigenvalue weighted by Crippen LogP contribution is -2.15. The highest BCUT2D eigenvalue weighted by Crippen LogP contribution is 2.20. The summed E-state index contributed by atoms with van der Waals surface area (Å²) in [4.78, 5) is 12.2. The van der Waals surface area contributed by atoms with E-state index in [1.165, 1.54) is 0 Å². The van der Waals surface area contributed by atoms with E-state index in [0.29, 0.717) is 11.7 Å². The molecule has 1 amide bonds. The molecule has 0 spiro atoms. The Labute approximate surface area is 138 Å². The van der Waals surface area contributed by atoms with Crippen LogP contribution in [0.4, 0.5) is 5.88 Å². The minimum absolute atomic E-state index is 0.146. The smallest absolute Gasteiger partial charge is 0.234 e. The van der Waals surface area contributed by atoms with E-state index < -0.39 is 0 Å². The van der Waals surface area contributed by atoms with Gasteiger partial charge in [-0.3, -0.25) is 10.1 Å². The number of carbonyl (C=O) groups excluding carboxylic acids is 1. The van der Waals surface area contributed by atoms with Crippen LogP contribution in [0.1, 0.15) is 29.6 Å². The van der Waals surface area contributed by atoms with Crippen molar-refractivity contribution in [3.63, 3.8) is 0 Å². The van der Waals surface area contributed by atoms with Gasteiger partial charge in [0, 0.05) is 5.56 Å². The predicted octanol–water partition coefficient (Wildman–Crippen LogP) is 2.01. The van der Waals surface area contributed by atoms with E-state index >= 15 is 0 Å². The molecule has 0 bridgehead atoms. The molecule has 0 atom stereocenters. The van der Waals surface area contributed by atoms with Crippen LogP contribution in [0.15, 0.2) is 28.8 Å². The molecule has 1 N–H and O–H groups in total. The lowest BCUT2D eigenvalue weighted by Gasteiger charge is -2.05. The van der Waals surface area contributed by atoms with Crippen LogP contribution in [-0.4, -0.2) is 31.3 Å². The maximum Gasteiger partial charge on any atom is 0.234 e. The number of amides is 1. The van der Waals surface area contributed by atoms with Crippen LogP contribution in [0, 0.1) is 13.8 Å². The Morgan fingerprint density at radius 3 is 2.62 bits per heavy atom. The van der Waals surface area contributed by atoms with Gasteiger partial charge in [-0.25, -0.2) is 0 Å². The third-order valence-corrected chi connectivity index (χ3v) is 3.76. The highest BCUT2D eigenvalue weighted by Gasteiger charge is 2.14. The first-order valence-corrected chi connectivity index (χ1v) is 7.67. The fourth-order valence-electron chi connectivity index (χ4n) is 2.48. The Bertz CT molecular complexity index is 850. The lowest BCUT2D eigenvalue weighted by molar-refractivity contribution is -0.115. The molecule has 2 heterocycles. The number of rotatable bonds is 5. The van der Waals surface area contributed by atoms with Crippen LogP contribution in [0.3, 0.4) is 0 Å². The molecule has 8 heteroatoms. The van der Waals surface area contributed by atoms with E-state index in [2.05, 4.69) is 26.0 Å². The first kappa shape index (κ1) is 15.9. The summed E-state index contributed by atoms with van der Waals surface area (Å²) in [5.74, 6) is 0.987. The number of benzene rings is 1. The molecule has 2 aromatic heterocycles. The van der Waals surface area contributed by atoms with Crippen molar-refractivity contribution in [2.45, 2.75) is 33.6 Å². The maximum atomic E-state index is 12.2. The van der Waals surface area contributed by atoms with Crippen LogP contribution in [-0.2, 0) is 17.6 Å². The highest BCUT2D eigenvalue weighted by atomic mass is 16.5. The zero-order chi connectivity index (χ0) is 17.1. The Hall–Kier alpha value is -3.03. The molecule has 3 aromatic rings.